The highest BCUT2D eigenvalue weighted by molar-refractivity contribution is 6.05. The first-order chi connectivity index (χ1) is 28.8. The lowest BCUT2D eigenvalue weighted by molar-refractivity contribution is -0.120. The number of aromatic nitrogens is 6. The van der Waals surface area contributed by atoms with Gasteiger partial charge < -0.3 is 20.1 Å². The molecule has 4 amide bonds. The van der Waals surface area contributed by atoms with E-state index in [-0.39, 0.29) is 34.8 Å². The van der Waals surface area contributed by atoms with E-state index >= 15 is 0 Å². The molecule has 60 heavy (non-hydrogen) atoms. The van der Waals surface area contributed by atoms with E-state index in [1.807, 2.05) is 65.0 Å². The molecule has 1 spiro atoms. The Hall–Kier alpha value is -6.16. The summed E-state index contributed by atoms with van der Waals surface area (Å²) in [6.45, 7) is 15.2. The number of nitrogens with zero attached hydrogens (tertiary/aromatic N) is 9. The van der Waals surface area contributed by atoms with Crippen molar-refractivity contribution in [2.45, 2.75) is 90.3 Å². The van der Waals surface area contributed by atoms with Crippen LogP contribution in [0.1, 0.15) is 99.2 Å². The summed E-state index contributed by atoms with van der Waals surface area (Å²) in [5.41, 5.74) is 6.67. The third-order valence-electron chi connectivity index (χ3n) is 12.4. The Kier molecular flexibility index (Phi) is 10.1. The SMILES string of the molecule is Cc1cc(-c2cc(Nc3cc4n(n3)CCN(CC3CCN(c5ccc(N6CCC(=O)NC6=O)cc5)CC3)C43CC3)ncn2)ccc1[C@@H](C)NC(=O)c1nc(C(C)(C)C)no1. The normalized spacial score (nSPS) is 18.6. The molecule has 5 aromatic rings. The van der Waals surface area contributed by atoms with Crippen LogP contribution >= 0.6 is 0 Å². The number of fused-ring (bicyclic) bond motifs is 2. The molecular formula is C44H52N12O4. The Labute approximate surface area is 349 Å². The highest BCUT2D eigenvalue weighted by Gasteiger charge is 2.54. The number of imide groups is 1. The number of aryl methyl sites for hydroxylation is 1. The van der Waals surface area contributed by atoms with E-state index in [4.69, 9.17) is 9.62 Å². The monoisotopic (exact) mass is 812 g/mol. The number of piperidine rings is 1. The van der Waals surface area contributed by atoms with Crippen molar-refractivity contribution in [2.75, 3.05) is 47.8 Å². The molecule has 2 aromatic carbocycles. The maximum atomic E-state index is 12.9. The zero-order valence-electron chi connectivity index (χ0n) is 34.9. The molecular weight excluding hydrogens is 761 g/mol. The number of nitrogens with one attached hydrogen (secondary N) is 3. The second kappa shape index (κ2) is 15.5. The summed E-state index contributed by atoms with van der Waals surface area (Å²) in [6.07, 6.45) is 6.42. The fourth-order valence-electron chi connectivity index (χ4n) is 8.90. The van der Waals surface area contributed by atoms with Crippen LogP contribution in [0.25, 0.3) is 11.3 Å². The average molecular weight is 813 g/mol. The van der Waals surface area contributed by atoms with E-state index < -0.39 is 5.91 Å². The van der Waals surface area contributed by atoms with Gasteiger partial charge >= 0.3 is 17.8 Å². The van der Waals surface area contributed by atoms with Gasteiger partial charge in [0.2, 0.25) is 5.91 Å². The van der Waals surface area contributed by atoms with Crippen molar-refractivity contribution in [1.82, 2.24) is 45.4 Å². The Morgan fingerprint density at radius 1 is 0.950 bits per heavy atom. The fraction of sp³-hybridized carbons (Fsp3) is 0.455. The molecule has 312 valence electrons. The van der Waals surface area contributed by atoms with Gasteiger partial charge in [-0.25, -0.2) is 14.8 Å². The van der Waals surface area contributed by atoms with Crippen molar-refractivity contribution >= 4 is 40.9 Å². The van der Waals surface area contributed by atoms with Gasteiger partial charge in [-0.3, -0.25) is 29.4 Å². The topological polar surface area (TPSA) is 180 Å². The van der Waals surface area contributed by atoms with E-state index in [1.54, 1.807) is 11.2 Å². The van der Waals surface area contributed by atoms with Crippen molar-refractivity contribution in [3.63, 3.8) is 0 Å². The molecule has 2 saturated heterocycles. The number of carbonyl (C=O) groups is 3. The molecule has 0 unspecified atom stereocenters. The third-order valence-corrected chi connectivity index (χ3v) is 12.4. The van der Waals surface area contributed by atoms with Crippen molar-refractivity contribution in [3.8, 4) is 11.3 Å². The van der Waals surface area contributed by atoms with Crippen LogP contribution in [0.15, 0.2) is 65.4 Å². The van der Waals surface area contributed by atoms with Crippen LogP contribution in [0, 0.1) is 12.8 Å². The van der Waals surface area contributed by atoms with Crippen LogP contribution in [-0.2, 0) is 22.3 Å². The van der Waals surface area contributed by atoms with Gasteiger partial charge in [0.25, 0.3) is 0 Å². The number of urea groups is 1. The first-order valence-electron chi connectivity index (χ1n) is 21.0. The highest BCUT2D eigenvalue weighted by atomic mass is 16.5. The van der Waals surface area contributed by atoms with Crippen LogP contribution in [0.4, 0.5) is 27.8 Å². The molecule has 0 radical (unpaired) electrons. The molecule has 6 heterocycles. The first kappa shape index (κ1) is 39.3. The van der Waals surface area contributed by atoms with Gasteiger partial charge in [0.1, 0.15) is 12.1 Å². The minimum atomic E-state index is -0.410. The van der Waals surface area contributed by atoms with Crippen LogP contribution in [-0.4, -0.2) is 85.4 Å². The van der Waals surface area contributed by atoms with Gasteiger partial charge in [0.05, 0.1) is 29.5 Å². The van der Waals surface area contributed by atoms with Crippen molar-refractivity contribution in [2.24, 2.45) is 5.92 Å². The molecule has 3 N–H and O–H groups in total. The van der Waals surface area contributed by atoms with Crippen molar-refractivity contribution in [1.29, 1.82) is 0 Å². The number of rotatable bonds is 10. The van der Waals surface area contributed by atoms with Crippen LogP contribution in [0.2, 0.25) is 0 Å². The maximum Gasteiger partial charge on any atom is 0.328 e. The zero-order chi connectivity index (χ0) is 41.8. The number of benzene rings is 2. The molecule has 3 aromatic heterocycles. The first-order valence-corrected chi connectivity index (χ1v) is 21.0. The Bertz CT molecular complexity index is 2420. The summed E-state index contributed by atoms with van der Waals surface area (Å²) in [7, 11) is 0. The molecule has 9 rings (SSSR count). The Morgan fingerprint density at radius 2 is 1.72 bits per heavy atom. The van der Waals surface area contributed by atoms with Crippen molar-refractivity contribution < 1.29 is 18.9 Å². The van der Waals surface area contributed by atoms with E-state index in [9.17, 15) is 14.4 Å². The molecule has 16 heteroatoms. The highest BCUT2D eigenvalue weighted by Crippen LogP contribution is 2.53. The largest absolute Gasteiger partial charge is 0.372 e. The lowest BCUT2D eigenvalue weighted by Crippen LogP contribution is -2.49. The minimum absolute atomic E-state index is 0.0386. The van der Waals surface area contributed by atoms with Gasteiger partial charge in [-0.15, -0.1) is 0 Å². The number of anilines is 4. The number of hydrogen-bond donors (Lipinski definition) is 3. The van der Waals surface area contributed by atoms with Gasteiger partial charge in [-0.1, -0.05) is 38.1 Å². The number of hydrogen-bond acceptors (Lipinski definition) is 12. The van der Waals surface area contributed by atoms with Gasteiger partial charge in [-0.2, -0.15) is 10.1 Å². The van der Waals surface area contributed by atoms with Crippen LogP contribution < -0.4 is 25.8 Å². The zero-order valence-corrected chi connectivity index (χ0v) is 34.9. The predicted molar refractivity (Wildman–Crippen MR) is 226 cm³/mol. The lowest BCUT2D eigenvalue weighted by Gasteiger charge is -2.41. The second-order valence-corrected chi connectivity index (χ2v) is 17.7. The molecule has 1 aliphatic carbocycles. The summed E-state index contributed by atoms with van der Waals surface area (Å²) >= 11 is 0. The van der Waals surface area contributed by atoms with E-state index in [0.717, 1.165) is 92.3 Å². The van der Waals surface area contributed by atoms with Crippen LogP contribution in [0.5, 0.6) is 0 Å². The summed E-state index contributed by atoms with van der Waals surface area (Å²) in [5.74, 6) is 1.88. The van der Waals surface area contributed by atoms with E-state index in [2.05, 4.69) is 74.8 Å². The molecule has 1 saturated carbocycles. The molecule has 3 aliphatic heterocycles. The fourth-order valence-corrected chi connectivity index (χ4v) is 8.90. The predicted octanol–water partition coefficient (Wildman–Crippen LogP) is 6.23. The minimum Gasteiger partial charge on any atom is -0.372 e. The van der Waals surface area contributed by atoms with Gasteiger partial charge in [0.15, 0.2) is 11.6 Å². The summed E-state index contributed by atoms with van der Waals surface area (Å²) in [6, 6.07) is 17.7. The molecule has 3 fully saturated rings. The van der Waals surface area contributed by atoms with E-state index in [1.165, 1.54) is 11.4 Å². The van der Waals surface area contributed by atoms with E-state index in [0.29, 0.717) is 30.5 Å². The summed E-state index contributed by atoms with van der Waals surface area (Å²) in [5, 5.41) is 17.8. The number of amides is 4. The molecule has 0 bridgehead atoms. The average Bonchev–Trinajstić information content (AvgIpc) is 3.62. The summed E-state index contributed by atoms with van der Waals surface area (Å²) < 4.78 is 7.41. The summed E-state index contributed by atoms with van der Waals surface area (Å²) in [4.78, 5) is 56.9. The van der Waals surface area contributed by atoms with Gasteiger partial charge in [0, 0.05) is 73.6 Å². The molecule has 1 atom stereocenters. The lowest BCUT2D eigenvalue weighted by atomic mass is 9.94. The maximum absolute atomic E-state index is 12.9. The standard InChI is InChI=1S/C44H52N12O4/c1-27-22-30(6-11-33(27)28(2)47-39(58)40-50-41(52-60-40)43(3,4)5)34-23-36(46-26-45-34)48-37-24-35-44(15-16-44)54(20-21-56(35)51-37)25-29-12-17-53(18-13-29)31-7-9-32(10-8-31)55-19-14-38(57)49-42(55)59/h6-11,22-24,26,28-29H,12-21,25H2,1-5H3,(H,47,58)(H,49,57,59)(H,45,46,48,51)/t28-/m1/s1. The number of carbonyl (C=O) groups excluding carboxylic acids is 3. The van der Waals surface area contributed by atoms with Crippen LogP contribution in [0.3, 0.4) is 0 Å². The molecule has 16 nitrogen and oxygen atoms in total. The quantitative estimate of drug-likeness (QED) is 0.145. The smallest absolute Gasteiger partial charge is 0.328 e. The Balaban J connectivity index is 0.799. The second-order valence-electron chi connectivity index (χ2n) is 17.7. The van der Waals surface area contributed by atoms with Crippen molar-refractivity contribution in [3.05, 3.63) is 89.5 Å². The molecule has 4 aliphatic rings. The Morgan fingerprint density at radius 3 is 2.42 bits per heavy atom. The third kappa shape index (κ3) is 7.83. The van der Waals surface area contributed by atoms with Gasteiger partial charge in [-0.05, 0) is 86.9 Å².